The molecule has 0 bridgehead atoms. The van der Waals surface area contributed by atoms with Crippen LogP contribution >= 0.6 is 24.2 Å². The van der Waals surface area contributed by atoms with E-state index in [0.29, 0.717) is 32.0 Å². The highest BCUT2D eigenvalue weighted by Crippen LogP contribution is 2.23. The van der Waals surface area contributed by atoms with E-state index in [2.05, 4.69) is 5.32 Å². The zero-order valence-electron chi connectivity index (χ0n) is 13.4. The van der Waals surface area contributed by atoms with Crippen LogP contribution in [0.4, 0.5) is 13.2 Å². The number of rotatable bonds is 8. The number of carbonyl (C=O) groups is 1. The normalized spacial score (nSPS) is 18.3. The van der Waals surface area contributed by atoms with E-state index in [4.69, 9.17) is 5.73 Å². The zero-order chi connectivity index (χ0) is 16.6. The van der Waals surface area contributed by atoms with E-state index in [0.717, 1.165) is 25.0 Å². The monoisotopic (exact) mass is 377 g/mol. The first kappa shape index (κ1) is 22.8. The lowest BCUT2D eigenvalue weighted by Gasteiger charge is -2.32. The van der Waals surface area contributed by atoms with Crippen molar-refractivity contribution in [3.05, 3.63) is 0 Å². The lowest BCUT2D eigenvalue weighted by Crippen LogP contribution is -2.43. The number of halogens is 4. The third-order valence-electron chi connectivity index (χ3n) is 3.93. The van der Waals surface area contributed by atoms with E-state index in [-0.39, 0.29) is 18.3 Å². The van der Waals surface area contributed by atoms with Gasteiger partial charge in [-0.25, -0.2) is 0 Å². The van der Waals surface area contributed by atoms with Gasteiger partial charge in [0.1, 0.15) is 0 Å². The average Bonchev–Trinajstić information content (AvgIpc) is 2.44. The summed E-state index contributed by atoms with van der Waals surface area (Å²) in [5.41, 5.74) is 5.76. The van der Waals surface area contributed by atoms with Crippen LogP contribution in [-0.2, 0) is 4.79 Å². The van der Waals surface area contributed by atoms with Gasteiger partial charge < -0.3 is 11.1 Å². The zero-order valence-corrected chi connectivity index (χ0v) is 15.0. The molecule has 0 saturated carbocycles. The van der Waals surface area contributed by atoms with E-state index in [9.17, 15) is 18.0 Å². The Labute approximate surface area is 146 Å². The smallest absolute Gasteiger partial charge is 0.355 e. The van der Waals surface area contributed by atoms with Crippen molar-refractivity contribution in [1.29, 1.82) is 0 Å². The third-order valence-corrected chi connectivity index (χ3v) is 4.58. The van der Waals surface area contributed by atoms with Crippen molar-refractivity contribution in [3.8, 4) is 0 Å². The Morgan fingerprint density at radius 1 is 1.39 bits per heavy atom. The molecule has 1 atom stereocenters. The Morgan fingerprint density at radius 2 is 2.00 bits per heavy atom. The van der Waals surface area contributed by atoms with Gasteiger partial charge in [-0.15, -0.1) is 12.4 Å². The second-order valence-electron chi connectivity index (χ2n) is 5.80. The minimum absolute atomic E-state index is 0. The van der Waals surface area contributed by atoms with Gasteiger partial charge in [-0.3, -0.25) is 9.69 Å². The molecule has 1 fully saturated rings. The molecule has 3 N–H and O–H groups in total. The molecule has 1 aliphatic rings. The second-order valence-corrected chi connectivity index (χ2v) is 6.79. The van der Waals surface area contributed by atoms with Crippen molar-refractivity contribution < 1.29 is 18.0 Å². The first-order chi connectivity index (χ1) is 10.3. The molecular weight excluding hydrogens is 351 g/mol. The van der Waals surface area contributed by atoms with E-state index >= 15 is 0 Å². The summed E-state index contributed by atoms with van der Waals surface area (Å²) in [7, 11) is 0. The summed E-state index contributed by atoms with van der Waals surface area (Å²) in [6.07, 6.45) is 0.822. The molecule has 9 heteroatoms. The summed E-state index contributed by atoms with van der Waals surface area (Å²) in [6, 6.07) is -0.471. The number of piperidine rings is 1. The highest BCUT2D eigenvalue weighted by molar-refractivity contribution is 7.98. The van der Waals surface area contributed by atoms with Gasteiger partial charge in [0.15, 0.2) is 0 Å². The van der Waals surface area contributed by atoms with Crippen LogP contribution in [0.25, 0.3) is 0 Å². The minimum Gasteiger partial charge on any atom is -0.355 e. The van der Waals surface area contributed by atoms with Crippen LogP contribution in [0, 0.1) is 5.92 Å². The van der Waals surface area contributed by atoms with Gasteiger partial charge in [0.2, 0.25) is 5.91 Å². The maximum Gasteiger partial charge on any atom is 0.401 e. The second kappa shape index (κ2) is 11.4. The van der Waals surface area contributed by atoms with Crippen LogP contribution in [0.3, 0.4) is 0 Å². The molecule has 4 nitrogen and oxygen atoms in total. The van der Waals surface area contributed by atoms with Crippen molar-refractivity contribution in [3.63, 3.8) is 0 Å². The van der Waals surface area contributed by atoms with Crippen LogP contribution in [0.2, 0.25) is 0 Å². The van der Waals surface area contributed by atoms with Gasteiger partial charge in [-0.1, -0.05) is 0 Å². The summed E-state index contributed by atoms with van der Waals surface area (Å²) < 4.78 is 36.9. The number of nitrogens with two attached hydrogens (primary N) is 1. The number of hydrogen-bond donors (Lipinski definition) is 2. The van der Waals surface area contributed by atoms with Gasteiger partial charge in [-0.2, -0.15) is 24.9 Å². The third kappa shape index (κ3) is 10.3. The Balaban J connectivity index is 0.00000484. The molecule has 1 rings (SSSR count). The molecular formula is C14H27ClF3N3OS. The molecule has 1 amide bonds. The highest BCUT2D eigenvalue weighted by Gasteiger charge is 2.32. The lowest BCUT2D eigenvalue weighted by atomic mass is 9.93. The van der Waals surface area contributed by atoms with Crippen LogP contribution in [0.1, 0.15) is 25.7 Å². The maximum absolute atomic E-state index is 12.3. The SMILES string of the molecule is CSCC[C@H](N)C(=O)NCCC1CCN(CC(F)(F)F)CC1.Cl. The van der Waals surface area contributed by atoms with E-state index in [1.54, 1.807) is 11.8 Å². The predicted molar refractivity (Wildman–Crippen MR) is 91.1 cm³/mol. The summed E-state index contributed by atoms with van der Waals surface area (Å²) in [5.74, 6) is 1.10. The summed E-state index contributed by atoms with van der Waals surface area (Å²) in [6.45, 7) is 0.688. The van der Waals surface area contributed by atoms with Crippen LogP contribution in [-0.4, -0.2) is 61.2 Å². The van der Waals surface area contributed by atoms with Crippen molar-refractivity contribution in [2.45, 2.75) is 37.9 Å². The Kier molecular flexibility index (Phi) is 11.3. The van der Waals surface area contributed by atoms with Crippen LogP contribution in [0.15, 0.2) is 0 Å². The average molecular weight is 378 g/mol. The van der Waals surface area contributed by atoms with E-state index in [1.165, 1.54) is 4.90 Å². The van der Waals surface area contributed by atoms with Gasteiger partial charge in [0.25, 0.3) is 0 Å². The standard InChI is InChI=1S/C14H26F3N3OS.ClH/c1-22-9-5-12(18)13(21)19-6-2-11-3-7-20(8-4-11)10-14(15,16)17;/h11-12H,2-10,18H2,1H3,(H,19,21);1H/t12-;/m0./s1. The van der Waals surface area contributed by atoms with Gasteiger partial charge in [0.05, 0.1) is 12.6 Å². The van der Waals surface area contributed by atoms with Gasteiger partial charge in [0, 0.05) is 6.54 Å². The largest absolute Gasteiger partial charge is 0.401 e. The fourth-order valence-electron chi connectivity index (χ4n) is 2.59. The molecule has 1 aliphatic heterocycles. The first-order valence-corrected chi connectivity index (χ1v) is 9.02. The quantitative estimate of drug-likeness (QED) is 0.681. The molecule has 0 aromatic rings. The summed E-state index contributed by atoms with van der Waals surface area (Å²) >= 11 is 1.65. The lowest BCUT2D eigenvalue weighted by molar-refractivity contribution is -0.148. The number of alkyl halides is 3. The topological polar surface area (TPSA) is 58.4 Å². The summed E-state index contributed by atoms with van der Waals surface area (Å²) in [5, 5.41) is 2.82. The fraction of sp³-hybridized carbons (Fsp3) is 0.929. The molecule has 1 saturated heterocycles. The van der Waals surface area contributed by atoms with Crippen LogP contribution in [0.5, 0.6) is 0 Å². The molecule has 1 heterocycles. The van der Waals surface area contributed by atoms with Gasteiger partial charge in [-0.05, 0) is 56.7 Å². The number of thioether (sulfide) groups is 1. The van der Waals surface area contributed by atoms with Crippen molar-refractivity contribution in [2.24, 2.45) is 11.7 Å². The number of nitrogens with one attached hydrogen (secondary N) is 1. The first-order valence-electron chi connectivity index (χ1n) is 7.63. The molecule has 23 heavy (non-hydrogen) atoms. The number of nitrogens with zero attached hydrogens (tertiary/aromatic N) is 1. The van der Waals surface area contributed by atoms with E-state index in [1.807, 2.05) is 6.26 Å². The van der Waals surface area contributed by atoms with Crippen molar-refractivity contribution in [1.82, 2.24) is 10.2 Å². The number of carbonyl (C=O) groups excluding carboxylic acids is 1. The molecule has 0 aromatic heterocycles. The van der Waals surface area contributed by atoms with Crippen molar-refractivity contribution in [2.75, 3.05) is 38.2 Å². The van der Waals surface area contributed by atoms with Crippen molar-refractivity contribution >= 4 is 30.1 Å². The summed E-state index contributed by atoms with van der Waals surface area (Å²) in [4.78, 5) is 13.2. The molecule has 0 spiro atoms. The Hall–Kier alpha value is -0.180. The maximum atomic E-state index is 12.3. The predicted octanol–water partition coefficient (Wildman–Crippen LogP) is 2.27. The number of amides is 1. The van der Waals surface area contributed by atoms with E-state index < -0.39 is 18.8 Å². The van der Waals surface area contributed by atoms with Crippen LogP contribution < -0.4 is 11.1 Å². The molecule has 0 aromatic carbocycles. The minimum atomic E-state index is -4.12. The Bertz CT molecular complexity index is 340. The molecule has 138 valence electrons. The molecule has 0 unspecified atom stereocenters. The Morgan fingerprint density at radius 3 is 2.52 bits per heavy atom. The fourth-order valence-corrected chi connectivity index (χ4v) is 3.08. The molecule has 0 radical (unpaired) electrons. The van der Waals surface area contributed by atoms with Gasteiger partial charge >= 0.3 is 6.18 Å². The highest BCUT2D eigenvalue weighted by atomic mass is 35.5. The number of likely N-dealkylation sites (tertiary alicyclic amines) is 1. The number of hydrogen-bond acceptors (Lipinski definition) is 4. The molecule has 0 aliphatic carbocycles.